The maximum absolute atomic E-state index is 6.49. The summed E-state index contributed by atoms with van der Waals surface area (Å²) in [4.78, 5) is 0. The number of hydrogen-bond acceptors (Lipinski definition) is 2. The van der Waals surface area contributed by atoms with Crippen LogP contribution in [0.15, 0.2) is 132 Å². The molecule has 0 unspecified atom stereocenters. The largest absolute Gasteiger partial charge is 0.454 e. The number of rotatable bonds is 2. The van der Waals surface area contributed by atoms with E-state index in [4.69, 9.17) is 4.42 Å². The first-order valence-corrected chi connectivity index (χ1v) is 14.0. The Morgan fingerprint density at radius 2 is 1.31 bits per heavy atom. The predicted octanol–water partition coefficient (Wildman–Crippen LogP) is 10.7. The SMILES string of the molecule is c1ccc(-n2c3ccccc3c3oc4ccc(-c5ccc6c(c5)sc5ccc7ccccc7c56)cc4c32)cc1. The molecule has 0 atom stereocenters. The van der Waals surface area contributed by atoms with Gasteiger partial charge in [0.15, 0.2) is 5.58 Å². The molecule has 2 nitrogen and oxygen atoms in total. The Morgan fingerprint density at radius 1 is 0.538 bits per heavy atom. The number of benzene rings is 6. The van der Waals surface area contributed by atoms with Crippen LogP contribution in [0.3, 0.4) is 0 Å². The highest BCUT2D eigenvalue weighted by molar-refractivity contribution is 7.26. The Bertz CT molecular complexity index is 2390. The lowest BCUT2D eigenvalue weighted by Gasteiger charge is -2.08. The van der Waals surface area contributed by atoms with Crippen molar-refractivity contribution < 1.29 is 4.42 Å². The summed E-state index contributed by atoms with van der Waals surface area (Å²) in [6.07, 6.45) is 0. The zero-order chi connectivity index (χ0) is 25.5. The van der Waals surface area contributed by atoms with Crippen LogP contribution < -0.4 is 0 Å². The lowest BCUT2D eigenvalue weighted by molar-refractivity contribution is 0.673. The normalized spacial score (nSPS) is 12.1. The second-order valence-corrected chi connectivity index (χ2v) is 11.2. The monoisotopic (exact) mass is 515 g/mol. The van der Waals surface area contributed by atoms with Crippen LogP contribution in [-0.4, -0.2) is 4.57 Å². The van der Waals surface area contributed by atoms with Gasteiger partial charge in [0.05, 0.1) is 5.52 Å². The van der Waals surface area contributed by atoms with E-state index in [9.17, 15) is 0 Å². The highest BCUT2D eigenvalue weighted by Gasteiger charge is 2.19. The quantitative estimate of drug-likeness (QED) is 0.224. The van der Waals surface area contributed by atoms with Crippen LogP contribution >= 0.6 is 11.3 Å². The topological polar surface area (TPSA) is 18.1 Å². The van der Waals surface area contributed by atoms with Gasteiger partial charge in [-0.1, -0.05) is 78.9 Å². The fourth-order valence-electron chi connectivity index (χ4n) is 6.22. The molecule has 6 aromatic carbocycles. The number of hydrogen-bond donors (Lipinski definition) is 0. The van der Waals surface area contributed by atoms with E-state index in [1.165, 1.54) is 42.1 Å². The van der Waals surface area contributed by atoms with Crippen molar-refractivity contribution in [3.63, 3.8) is 0 Å². The van der Waals surface area contributed by atoms with Crippen molar-refractivity contribution >= 4 is 75.3 Å². The Hall–Kier alpha value is -4.86. The van der Waals surface area contributed by atoms with Crippen molar-refractivity contribution in [3.05, 3.63) is 127 Å². The standard InChI is InChI=1S/C36H21NOS/c1-2-9-25(10-3-1)37-30-13-7-6-12-27(30)36-35(37)29-20-23(15-18-31(29)38-36)24-14-17-28-33(21-24)39-32-19-16-22-8-4-5-11-26(22)34(28)32/h1-21H. The highest BCUT2D eigenvalue weighted by atomic mass is 32.1. The van der Waals surface area contributed by atoms with Crippen molar-refractivity contribution in [1.29, 1.82) is 0 Å². The number of nitrogens with zero attached hydrogens (tertiary/aromatic N) is 1. The van der Waals surface area contributed by atoms with Gasteiger partial charge in [0.2, 0.25) is 0 Å². The smallest absolute Gasteiger partial charge is 0.161 e. The molecule has 182 valence electrons. The molecule has 3 heteroatoms. The van der Waals surface area contributed by atoms with Gasteiger partial charge in [0.1, 0.15) is 11.1 Å². The molecule has 0 saturated heterocycles. The van der Waals surface area contributed by atoms with Crippen LogP contribution in [0.25, 0.3) is 80.7 Å². The summed E-state index contributed by atoms with van der Waals surface area (Å²) in [7, 11) is 0. The van der Waals surface area contributed by atoms with Crippen molar-refractivity contribution in [1.82, 2.24) is 4.57 Å². The Balaban J connectivity index is 1.29. The summed E-state index contributed by atoms with van der Waals surface area (Å²) < 4.78 is 11.5. The molecule has 0 spiro atoms. The average Bonchev–Trinajstić information content (AvgIpc) is 3.65. The van der Waals surface area contributed by atoms with Crippen LogP contribution in [0.2, 0.25) is 0 Å². The first-order valence-electron chi connectivity index (χ1n) is 13.2. The number of para-hydroxylation sites is 2. The lowest BCUT2D eigenvalue weighted by Crippen LogP contribution is -1.92. The minimum atomic E-state index is 0.911. The maximum Gasteiger partial charge on any atom is 0.161 e. The molecular formula is C36H21NOS. The van der Waals surface area contributed by atoms with Crippen molar-refractivity contribution in [2.24, 2.45) is 0 Å². The third-order valence-electron chi connectivity index (χ3n) is 7.98. The zero-order valence-electron chi connectivity index (χ0n) is 20.9. The maximum atomic E-state index is 6.49. The van der Waals surface area contributed by atoms with Gasteiger partial charge in [-0.05, 0) is 70.4 Å². The summed E-state index contributed by atoms with van der Waals surface area (Å²) in [5.41, 5.74) is 7.67. The molecule has 0 aliphatic carbocycles. The second kappa shape index (κ2) is 7.83. The number of furan rings is 1. The van der Waals surface area contributed by atoms with Gasteiger partial charge in [0.25, 0.3) is 0 Å². The van der Waals surface area contributed by atoms with Gasteiger partial charge in [-0.3, -0.25) is 0 Å². The van der Waals surface area contributed by atoms with Gasteiger partial charge in [0, 0.05) is 36.6 Å². The molecule has 3 heterocycles. The molecular weight excluding hydrogens is 494 g/mol. The van der Waals surface area contributed by atoms with E-state index in [2.05, 4.69) is 132 Å². The number of aromatic nitrogens is 1. The van der Waals surface area contributed by atoms with Crippen LogP contribution in [-0.2, 0) is 0 Å². The van der Waals surface area contributed by atoms with Crippen molar-refractivity contribution in [2.45, 2.75) is 0 Å². The molecule has 9 rings (SSSR count). The zero-order valence-corrected chi connectivity index (χ0v) is 21.7. The fraction of sp³-hybridized carbons (Fsp3) is 0. The van der Waals surface area contributed by atoms with E-state index in [0.29, 0.717) is 0 Å². The second-order valence-electron chi connectivity index (χ2n) is 10.2. The fourth-order valence-corrected chi connectivity index (χ4v) is 7.38. The predicted molar refractivity (Wildman–Crippen MR) is 166 cm³/mol. The van der Waals surface area contributed by atoms with Gasteiger partial charge in [-0.2, -0.15) is 0 Å². The van der Waals surface area contributed by atoms with Crippen LogP contribution in [0.5, 0.6) is 0 Å². The highest BCUT2D eigenvalue weighted by Crippen LogP contribution is 2.42. The van der Waals surface area contributed by atoms with Gasteiger partial charge in [-0.25, -0.2) is 0 Å². The Labute approximate surface area is 227 Å². The van der Waals surface area contributed by atoms with Crippen molar-refractivity contribution in [2.75, 3.05) is 0 Å². The van der Waals surface area contributed by atoms with E-state index in [1.807, 2.05) is 11.3 Å². The van der Waals surface area contributed by atoms with E-state index in [-0.39, 0.29) is 0 Å². The molecule has 0 aliphatic rings. The summed E-state index contributed by atoms with van der Waals surface area (Å²) in [6, 6.07) is 45.8. The van der Waals surface area contributed by atoms with Gasteiger partial charge in [-0.15, -0.1) is 11.3 Å². The molecule has 0 N–H and O–H groups in total. The molecule has 0 fully saturated rings. The van der Waals surface area contributed by atoms with E-state index < -0.39 is 0 Å². The molecule has 39 heavy (non-hydrogen) atoms. The molecule has 0 aliphatic heterocycles. The summed E-state index contributed by atoms with van der Waals surface area (Å²) in [5.74, 6) is 0. The molecule has 0 saturated carbocycles. The number of thiophene rings is 1. The molecule has 0 amide bonds. The van der Waals surface area contributed by atoms with E-state index in [1.54, 1.807) is 0 Å². The lowest BCUT2D eigenvalue weighted by atomic mass is 10.00. The first-order chi connectivity index (χ1) is 19.3. The van der Waals surface area contributed by atoms with Crippen LogP contribution in [0.1, 0.15) is 0 Å². The third kappa shape index (κ3) is 2.96. The van der Waals surface area contributed by atoms with Crippen LogP contribution in [0, 0.1) is 0 Å². The summed E-state index contributed by atoms with van der Waals surface area (Å²) >= 11 is 1.87. The van der Waals surface area contributed by atoms with E-state index >= 15 is 0 Å². The Kier molecular flexibility index (Phi) is 4.24. The summed E-state index contributed by atoms with van der Waals surface area (Å²) in [6.45, 7) is 0. The first kappa shape index (κ1) is 21.1. The molecule has 0 bridgehead atoms. The summed E-state index contributed by atoms with van der Waals surface area (Å²) in [5, 5.41) is 7.56. The van der Waals surface area contributed by atoms with E-state index in [0.717, 1.165) is 38.7 Å². The van der Waals surface area contributed by atoms with Crippen LogP contribution in [0.4, 0.5) is 0 Å². The van der Waals surface area contributed by atoms with Gasteiger partial charge >= 0.3 is 0 Å². The molecule has 3 aromatic heterocycles. The minimum Gasteiger partial charge on any atom is -0.454 e. The van der Waals surface area contributed by atoms with Gasteiger partial charge < -0.3 is 8.98 Å². The Morgan fingerprint density at radius 3 is 2.23 bits per heavy atom. The molecule has 0 radical (unpaired) electrons. The minimum absolute atomic E-state index is 0.911. The average molecular weight is 516 g/mol. The number of fused-ring (bicyclic) bond motifs is 10. The van der Waals surface area contributed by atoms with Crippen molar-refractivity contribution in [3.8, 4) is 16.8 Å². The third-order valence-corrected chi connectivity index (χ3v) is 9.10. The molecule has 9 aromatic rings.